The fourth-order valence-corrected chi connectivity index (χ4v) is 2.77. The monoisotopic (exact) mass is 321 g/mol. The number of carbonyl (C=O) groups excluding carboxylic acids is 2. The van der Waals surface area contributed by atoms with Crippen LogP contribution in [0.15, 0.2) is 18.2 Å². The molecule has 5 heteroatoms. The van der Waals surface area contributed by atoms with E-state index in [1.54, 1.807) is 13.0 Å². The van der Waals surface area contributed by atoms with Crippen LogP contribution in [0.4, 0.5) is 0 Å². The maximum absolute atomic E-state index is 12.5. The third-order valence-corrected chi connectivity index (χ3v) is 4.11. The van der Waals surface area contributed by atoms with E-state index < -0.39 is 5.92 Å². The Morgan fingerprint density at radius 1 is 1.17 bits per heavy atom. The van der Waals surface area contributed by atoms with Gasteiger partial charge < -0.3 is 15.5 Å². The van der Waals surface area contributed by atoms with Gasteiger partial charge >= 0.3 is 0 Å². The van der Waals surface area contributed by atoms with Crippen molar-refractivity contribution in [3.8, 4) is 11.5 Å². The highest BCUT2D eigenvalue weighted by molar-refractivity contribution is 5.87. The molecule has 23 heavy (non-hydrogen) atoms. The number of phenols is 2. The molecule has 0 aromatic heterocycles. The van der Waals surface area contributed by atoms with Crippen LogP contribution in [0.5, 0.6) is 11.5 Å². The number of hydrogen-bond donors (Lipinski definition) is 3. The number of rotatable bonds is 6. The molecule has 2 atom stereocenters. The average Bonchev–Trinajstić information content (AvgIpc) is 2.41. The van der Waals surface area contributed by atoms with Crippen LogP contribution in [-0.2, 0) is 16.0 Å². The predicted octanol–water partition coefficient (Wildman–Crippen LogP) is 2.64. The molecule has 5 nitrogen and oxygen atoms in total. The van der Waals surface area contributed by atoms with Crippen molar-refractivity contribution >= 4 is 11.7 Å². The molecule has 0 saturated heterocycles. The first kappa shape index (κ1) is 19.0. The summed E-state index contributed by atoms with van der Waals surface area (Å²) in [6.07, 6.45) is 0.533. The molecule has 0 saturated carbocycles. The van der Waals surface area contributed by atoms with Crippen molar-refractivity contribution in [1.29, 1.82) is 0 Å². The third kappa shape index (κ3) is 5.27. The largest absolute Gasteiger partial charge is 0.504 e. The molecule has 128 valence electrons. The lowest BCUT2D eigenvalue weighted by atomic mass is 9.72. The predicted molar refractivity (Wildman–Crippen MR) is 89.3 cm³/mol. The van der Waals surface area contributed by atoms with Gasteiger partial charge in [0.05, 0.1) is 5.92 Å². The number of hydrogen-bond acceptors (Lipinski definition) is 4. The second kappa shape index (κ2) is 7.49. The van der Waals surface area contributed by atoms with E-state index in [0.29, 0.717) is 13.0 Å². The number of Topliss-reactive ketones (excluding diaryl/α,β-unsaturated/α-hetero) is 1. The number of nitrogens with one attached hydrogen (secondary N) is 1. The highest BCUT2D eigenvalue weighted by atomic mass is 16.3. The van der Waals surface area contributed by atoms with Crippen LogP contribution in [0.1, 0.15) is 40.2 Å². The Bertz CT molecular complexity index is 575. The molecule has 0 bridgehead atoms. The SMILES string of the molecule is CC(=O)C(C)C(C(=O)NCCc1ccc(O)c(O)c1)C(C)(C)C. The van der Waals surface area contributed by atoms with Crippen molar-refractivity contribution in [3.63, 3.8) is 0 Å². The van der Waals surface area contributed by atoms with Gasteiger partial charge in [-0.05, 0) is 36.5 Å². The van der Waals surface area contributed by atoms with E-state index in [1.165, 1.54) is 19.1 Å². The van der Waals surface area contributed by atoms with Gasteiger partial charge in [-0.3, -0.25) is 9.59 Å². The van der Waals surface area contributed by atoms with Crippen molar-refractivity contribution in [3.05, 3.63) is 23.8 Å². The van der Waals surface area contributed by atoms with Crippen LogP contribution in [0, 0.1) is 17.3 Å². The first-order chi connectivity index (χ1) is 10.5. The lowest BCUT2D eigenvalue weighted by Crippen LogP contribution is -2.44. The van der Waals surface area contributed by atoms with Crippen molar-refractivity contribution in [2.24, 2.45) is 17.3 Å². The molecule has 3 N–H and O–H groups in total. The number of benzene rings is 1. The van der Waals surface area contributed by atoms with Gasteiger partial charge in [-0.25, -0.2) is 0 Å². The van der Waals surface area contributed by atoms with Gasteiger partial charge in [-0.1, -0.05) is 33.8 Å². The van der Waals surface area contributed by atoms with Gasteiger partial charge in [0, 0.05) is 12.5 Å². The third-order valence-electron chi connectivity index (χ3n) is 4.11. The average molecular weight is 321 g/mol. The Morgan fingerprint density at radius 3 is 2.26 bits per heavy atom. The molecule has 0 aliphatic rings. The highest BCUT2D eigenvalue weighted by Gasteiger charge is 2.37. The number of phenolic OH excluding ortho intramolecular Hbond substituents is 2. The summed E-state index contributed by atoms with van der Waals surface area (Å²) < 4.78 is 0. The van der Waals surface area contributed by atoms with Gasteiger partial charge in [-0.15, -0.1) is 0 Å². The van der Waals surface area contributed by atoms with E-state index in [4.69, 9.17) is 0 Å². The summed E-state index contributed by atoms with van der Waals surface area (Å²) in [5.74, 6) is -1.21. The molecule has 1 aromatic rings. The molecular weight excluding hydrogens is 294 g/mol. The maximum atomic E-state index is 12.5. The summed E-state index contributed by atoms with van der Waals surface area (Å²) in [5.41, 5.74) is 0.499. The lowest BCUT2D eigenvalue weighted by molar-refractivity contribution is -0.136. The molecule has 0 aliphatic carbocycles. The minimum atomic E-state index is -0.395. The minimum Gasteiger partial charge on any atom is -0.504 e. The van der Waals surface area contributed by atoms with Crippen molar-refractivity contribution < 1.29 is 19.8 Å². The maximum Gasteiger partial charge on any atom is 0.224 e. The summed E-state index contributed by atoms with van der Waals surface area (Å²) in [5, 5.41) is 21.6. The molecule has 0 fully saturated rings. The van der Waals surface area contributed by atoms with Crippen molar-refractivity contribution in [2.45, 2.75) is 41.0 Å². The summed E-state index contributed by atoms with van der Waals surface area (Å²) in [6.45, 7) is 9.56. The van der Waals surface area contributed by atoms with Crippen LogP contribution >= 0.6 is 0 Å². The van der Waals surface area contributed by atoms with Crippen molar-refractivity contribution in [2.75, 3.05) is 6.54 Å². The molecule has 0 heterocycles. The van der Waals surface area contributed by atoms with E-state index >= 15 is 0 Å². The quantitative estimate of drug-likeness (QED) is 0.703. The highest BCUT2D eigenvalue weighted by Crippen LogP contribution is 2.33. The van der Waals surface area contributed by atoms with Crippen LogP contribution in [-0.4, -0.2) is 28.4 Å². The van der Waals surface area contributed by atoms with E-state index in [1.807, 2.05) is 20.8 Å². The topological polar surface area (TPSA) is 86.6 Å². The summed E-state index contributed by atoms with van der Waals surface area (Å²) in [4.78, 5) is 24.2. The molecular formula is C18H27NO4. The molecule has 0 radical (unpaired) electrons. The van der Waals surface area contributed by atoms with Gasteiger partial charge in [0.25, 0.3) is 0 Å². The fourth-order valence-electron chi connectivity index (χ4n) is 2.77. The van der Waals surface area contributed by atoms with Gasteiger partial charge in [0.2, 0.25) is 5.91 Å². The molecule has 1 rings (SSSR count). The Kier molecular flexibility index (Phi) is 6.19. The fraction of sp³-hybridized carbons (Fsp3) is 0.556. The first-order valence-corrected chi connectivity index (χ1v) is 7.83. The standard InChI is InChI=1S/C18H27NO4/c1-11(12(2)20)16(18(3,4)5)17(23)19-9-8-13-6-7-14(21)15(22)10-13/h6-7,10-11,16,21-22H,8-9H2,1-5H3,(H,19,23). The van der Waals surface area contributed by atoms with E-state index in [-0.39, 0.29) is 34.5 Å². The van der Waals surface area contributed by atoms with Crippen LogP contribution in [0.2, 0.25) is 0 Å². The van der Waals surface area contributed by atoms with Crippen LogP contribution in [0.25, 0.3) is 0 Å². The summed E-state index contributed by atoms with van der Waals surface area (Å²) >= 11 is 0. The number of amides is 1. The Labute approximate surface area is 137 Å². The van der Waals surface area contributed by atoms with Crippen LogP contribution in [0.3, 0.4) is 0 Å². The van der Waals surface area contributed by atoms with E-state index in [9.17, 15) is 19.8 Å². The van der Waals surface area contributed by atoms with Crippen LogP contribution < -0.4 is 5.32 Å². The van der Waals surface area contributed by atoms with E-state index in [0.717, 1.165) is 5.56 Å². The Balaban J connectivity index is 2.69. The summed E-state index contributed by atoms with van der Waals surface area (Å²) in [6, 6.07) is 4.59. The number of ketones is 1. The van der Waals surface area contributed by atoms with Crippen molar-refractivity contribution in [1.82, 2.24) is 5.32 Å². The second-order valence-electron chi connectivity index (χ2n) is 7.11. The molecule has 2 unspecified atom stereocenters. The zero-order chi connectivity index (χ0) is 17.8. The Hall–Kier alpha value is -2.04. The van der Waals surface area contributed by atoms with Gasteiger partial charge in [0.15, 0.2) is 11.5 Å². The molecule has 0 aliphatic heterocycles. The Morgan fingerprint density at radius 2 is 1.78 bits per heavy atom. The lowest BCUT2D eigenvalue weighted by Gasteiger charge is -2.33. The van der Waals surface area contributed by atoms with Gasteiger partial charge in [-0.2, -0.15) is 0 Å². The summed E-state index contributed by atoms with van der Waals surface area (Å²) in [7, 11) is 0. The minimum absolute atomic E-state index is 0.00327. The zero-order valence-electron chi connectivity index (χ0n) is 14.5. The molecule has 0 spiro atoms. The number of carbonyl (C=O) groups is 2. The smallest absolute Gasteiger partial charge is 0.224 e. The first-order valence-electron chi connectivity index (χ1n) is 7.83. The van der Waals surface area contributed by atoms with E-state index in [2.05, 4.69) is 5.32 Å². The normalized spacial score (nSPS) is 14.1. The second-order valence-corrected chi connectivity index (χ2v) is 7.11. The molecule has 1 amide bonds. The molecule has 1 aromatic carbocycles. The zero-order valence-corrected chi connectivity index (χ0v) is 14.5. The van der Waals surface area contributed by atoms with Gasteiger partial charge in [0.1, 0.15) is 5.78 Å². The number of aromatic hydroxyl groups is 2.